The second kappa shape index (κ2) is 4.89. The van der Waals surface area contributed by atoms with Gasteiger partial charge in [0.05, 0.1) is 12.3 Å². The van der Waals surface area contributed by atoms with Crippen LogP contribution < -0.4 is 16.4 Å². The Bertz CT molecular complexity index is 401. The van der Waals surface area contributed by atoms with Crippen molar-refractivity contribution in [3.05, 3.63) is 28.5 Å². The second-order valence-corrected chi connectivity index (χ2v) is 2.65. The predicted octanol–water partition coefficient (Wildman–Crippen LogP) is -0.702. The quantitative estimate of drug-likeness (QED) is 0.329. The molecule has 0 saturated carbocycles. The molecule has 1 aliphatic heterocycles. The first kappa shape index (κ1) is 11.7. The van der Waals surface area contributed by atoms with E-state index in [2.05, 4.69) is 9.73 Å². The molecule has 4 N–H and O–H groups in total. The Hall–Kier alpha value is -2.42. The minimum Gasteiger partial charge on any atom is -0.409 e. The van der Waals surface area contributed by atoms with Crippen LogP contribution in [-0.2, 0) is 4.79 Å². The maximum absolute atomic E-state index is 10.3. The van der Waals surface area contributed by atoms with E-state index >= 15 is 0 Å². The van der Waals surface area contributed by atoms with Crippen molar-refractivity contribution in [2.24, 2.45) is 5.73 Å². The number of hydrogen-bond acceptors (Lipinski definition) is 6. The highest BCUT2D eigenvalue weighted by Crippen LogP contribution is 2.08. The van der Waals surface area contributed by atoms with Crippen molar-refractivity contribution in [3.63, 3.8) is 0 Å². The van der Waals surface area contributed by atoms with Gasteiger partial charge >= 0.3 is 11.9 Å². The normalized spacial score (nSPS) is 18.2. The van der Waals surface area contributed by atoms with Crippen molar-refractivity contribution < 1.29 is 18.9 Å². The molecule has 0 bridgehead atoms. The van der Waals surface area contributed by atoms with Gasteiger partial charge in [-0.05, 0) is 6.07 Å². The van der Waals surface area contributed by atoms with Crippen LogP contribution in [0.25, 0.3) is 0 Å². The van der Waals surface area contributed by atoms with Gasteiger partial charge in [-0.15, -0.1) is 0 Å². The second-order valence-electron chi connectivity index (χ2n) is 2.65. The van der Waals surface area contributed by atoms with Crippen LogP contribution in [0.15, 0.2) is 22.8 Å². The summed E-state index contributed by atoms with van der Waals surface area (Å²) in [6.45, 7) is 0. The number of nitrogens with zero attached hydrogens (tertiary/aromatic N) is 1. The minimum atomic E-state index is -0.859. The lowest BCUT2D eigenvalue weighted by molar-refractivity contribution is -0.402. The van der Waals surface area contributed by atoms with E-state index in [-0.39, 0.29) is 5.88 Å². The van der Waals surface area contributed by atoms with Crippen molar-refractivity contribution in [3.8, 4) is 0 Å². The van der Waals surface area contributed by atoms with Crippen LogP contribution in [0.1, 0.15) is 0 Å². The van der Waals surface area contributed by atoms with Gasteiger partial charge in [-0.25, -0.2) is 4.79 Å². The molecule has 1 fully saturated rings. The molecule has 16 heavy (non-hydrogen) atoms. The summed E-state index contributed by atoms with van der Waals surface area (Å²) >= 11 is 0. The number of hydrogen-bond donors (Lipinski definition) is 3. The Morgan fingerprint density at radius 2 is 2.19 bits per heavy atom. The third-order valence-corrected chi connectivity index (χ3v) is 1.49. The molecule has 0 radical (unpaired) electrons. The Labute approximate surface area is 88.7 Å². The average Bonchev–Trinajstić information content (AvgIpc) is 2.78. The van der Waals surface area contributed by atoms with Crippen molar-refractivity contribution >= 4 is 17.8 Å². The first-order chi connectivity index (χ1) is 7.50. The van der Waals surface area contributed by atoms with Gasteiger partial charge in [0.1, 0.15) is 4.92 Å². The molecule has 1 unspecified atom stereocenters. The summed E-state index contributed by atoms with van der Waals surface area (Å²) in [6, 6.07) is 2.24. The van der Waals surface area contributed by atoms with E-state index in [0.29, 0.717) is 0 Å². The molecule has 0 aliphatic carbocycles. The minimum absolute atomic E-state index is 0.218. The van der Waals surface area contributed by atoms with E-state index in [0.717, 1.165) is 0 Å². The Morgan fingerprint density at radius 3 is 2.38 bits per heavy atom. The van der Waals surface area contributed by atoms with Gasteiger partial charge in [0.15, 0.2) is 6.17 Å². The summed E-state index contributed by atoms with van der Waals surface area (Å²) in [6.07, 6.45) is 0.403. The maximum Gasteiger partial charge on any atom is 0.432 e. The summed E-state index contributed by atoms with van der Waals surface area (Å²) < 4.78 is 4.40. The summed E-state index contributed by atoms with van der Waals surface area (Å²) in [5.74, 6) is -0.694. The zero-order valence-electron chi connectivity index (χ0n) is 7.88. The molecule has 1 atom stereocenters. The fourth-order valence-corrected chi connectivity index (χ4v) is 0.806. The SMILES string of the molecule is NC1NC(=O)NC1=O.O=[N+]([O-])c1ccco1. The molecule has 1 aromatic heterocycles. The van der Waals surface area contributed by atoms with E-state index in [1.54, 1.807) is 0 Å². The lowest BCUT2D eigenvalue weighted by atomic mass is 10.5. The zero-order valence-corrected chi connectivity index (χ0v) is 7.88. The fraction of sp³-hybridized carbons (Fsp3) is 0.143. The van der Waals surface area contributed by atoms with Crippen LogP contribution in [0.2, 0.25) is 0 Å². The van der Waals surface area contributed by atoms with Crippen molar-refractivity contribution in [2.75, 3.05) is 0 Å². The monoisotopic (exact) mass is 228 g/mol. The lowest BCUT2D eigenvalue weighted by Crippen LogP contribution is -2.37. The topological polar surface area (TPSA) is 140 Å². The number of urea groups is 1. The van der Waals surface area contributed by atoms with Crippen LogP contribution in [0.5, 0.6) is 0 Å². The summed E-state index contributed by atoms with van der Waals surface area (Å²) in [4.78, 5) is 29.6. The smallest absolute Gasteiger partial charge is 0.409 e. The highest BCUT2D eigenvalue weighted by molar-refractivity contribution is 6.03. The molecular weight excluding hydrogens is 220 g/mol. The van der Waals surface area contributed by atoms with Crippen molar-refractivity contribution in [2.45, 2.75) is 6.17 Å². The number of rotatable bonds is 1. The predicted molar refractivity (Wildman–Crippen MR) is 50.0 cm³/mol. The molecule has 3 amide bonds. The maximum atomic E-state index is 10.3. The number of nitrogens with one attached hydrogen (secondary N) is 2. The highest BCUT2D eigenvalue weighted by atomic mass is 16.6. The first-order valence-corrected chi connectivity index (χ1v) is 4.05. The van der Waals surface area contributed by atoms with E-state index in [4.69, 9.17) is 5.73 Å². The van der Waals surface area contributed by atoms with Crippen LogP contribution in [-0.4, -0.2) is 23.0 Å². The number of amides is 3. The number of imide groups is 1. The molecule has 1 aromatic rings. The van der Waals surface area contributed by atoms with Gasteiger partial charge in [0.25, 0.3) is 5.91 Å². The molecule has 2 heterocycles. The van der Waals surface area contributed by atoms with Crippen LogP contribution in [0.4, 0.5) is 10.7 Å². The standard InChI is InChI=1S/C4H3NO3.C3H5N3O2/c6-5(7)4-2-1-3-8-4;4-1-2(7)6-3(8)5-1/h1-3H;1H,4H2,(H2,5,6,7,8). The number of carbonyl (C=O) groups excluding carboxylic acids is 2. The average molecular weight is 228 g/mol. The zero-order chi connectivity index (χ0) is 12.1. The largest absolute Gasteiger partial charge is 0.432 e. The van der Waals surface area contributed by atoms with E-state index in [1.807, 2.05) is 5.32 Å². The highest BCUT2D eigenvalue weighted by Gasteiger charge is 2.24. The lowest BCUT2D eigenvalue weighted by Gasteiger charge is -1.92. The van der Waals surface area contributed by atoms with E-state index in [9.17, 15) is 19.7 Å². The summed E-state index contributed by atoms with van der Waals surface area (Å²) in [5, 5.41) is 13.9. The number of nitrogens with two attached hydrogens (primary N) is 1. The van der Waals surface area contributed by atoms with E-state index < -0.39 is 23.0 Å². The summed E-state index contributed by atoms with van der Waals surface area (Å²) in [5.41, 5.74) is 5.02. The van der Waals surface area contributed by atoms with Crippen LogP contribution in [0.3, 0.4) is 0 Å². The Balaban J connectivity index is 0.000000160. The Kier molecular flexibility index (Phi) is 3.56. The van der Waals surface area contributed by atoms with Gasteiger partial charge in [0.2, 0.25) is 0 Å². The van der Waals surface area contributed by atoms with Crippen LogP contribution >= 0.6 is 0 Å². The van der Waals surface area contributed by atoms with Gasteiger partial charge in [-0.1, -0.05) is 0 Å². The molecule has 86 valence electrons. The van der Waals surface area contributed by atoms with Crippen molar-refractivity contribution in [1.82, 2.24) is 10.6 Å². The number of furan rings is 1. The molecule has 9 nitrogen and oxygen atoms in total. The van der Waals surface area contributed by atoms with Gasteiger partial charge < -0.3 is 15.5 Å². The van der Waals surface area contributed by atoms with Crippen molar-refractivity contribution in [1.29, 1.82) is 0 Å². The molecule has 9 heteroatoms. The van der Waals surface area contributed by atoms with Gasteiger partial charge in [0, 0.05) is 0 Å². The van der Waals surface area contributed by atoms with E-state index in [1.165, 1.54) is 18.4 Å². The fourth-order valence-electron chi connectivity index (χ4n) is 0.806. The molecule has 0 spiro atoms. The molecular formula is C7H8N4O5. The molecule has 0 aromatic carbocycles. The summed E-state index contributed by atoms with van der Waals surface area (Å²) in [7, 11) is 0. The molecule has 2 rings (SSSR count). The number of nitro groups is 1. The van der Waals surface area contributed by atoms with Crippen LogP contribution in [0, 0.1) is 10.1 Å². The number of carbonyl (C=O) groups is 2. The first-order valence-electron chi connectivity index (χ1n) is 4.05. The third kappa shape index (κ3) is 3.06. The van der Waals surface area contributed by atoms with Gasteiger partial charge in [-0.3, -0.25) is 20.2 Å². The third-order valence-electron chi connectivity index (χ3n) is 1.49. The Morgan fingerprint density at radius 1 is 1.50 bits per heavy atom. The molecule has 1 aliphatic rings. The van der Waals surface area contributed by atoms with Gasteiger partial charge in [-0.2, -0.15) is 0 Å². The molecule has 1 saturated heterocycles.